The highest BCUT2D eigenvalue weighted by Crippen LogP contribution is 2.29. The van der Waals surface area contributed by atoms with E-state index in [9.17, 15) is 22.8 Å². The minimum Gasteiger partial charge on any atom is -0.320 e. The molecule has 8 heteroatoms. The largest absolute Gasteiger partial charge is 0.416 e. The number of benzene rings is 2. The van der Waals surface area contributed by atoms with Gasteiger partial charge in [-0.1, -0.05) is 36.4 Å². The fourth-order valence-electron chi connectivity index (χ4n) is 2.94. The predicted octanol–water partition coefficient (Wildman–Crippen LogP) is 3.68. The van der Waals surface area contributed by atoms with Crippen LogP contribution >= 0.6 is 0 Å². The highest BCUT2D eigenvalue weighted by molar-refractivity contribution is 5.92. The Bertz CT molecular complexity index is 1070. The van der Waals surface area contributed by atoms with Crippen LogP contribution in [0.2, 0.25) is 0 Å². The van der Waals surface area contributed by atoms with Crippen molar-refractivity contribution in [2.45, 2.75) is 19.5 Å². The maximum atomic E-state index is 12.8. The first-order valence-corrected chi connectivity index (χ1v) is 8.48. The van der Waals surface area contributed by atoms with Gasteiger partial charge in [-0.05, 0) is 30.7 Å². The van der Waals surface area contributed by atoms with Gasteiger partial charge in [-0.3, -0.25) is 14.3 Å². The first-order valence-electron chi connectivity index (χ1n) is 8.48. The standard InChI is InChI=1S/C20H18F3N3O2/c1-13-18(19(28)26(25(13)2)16-9-4-3-5-10-16)24-17(27)12-14-7-6-8-15(11-14)20(21,22)23/h3-11H,12H2,1-2H3,(H,24,27). The number of carbonyl (C=O) groups excluding carboxylic acids is 1. The molecule has 0 atom stereocenters. The third-order valence-corrected chi connectivity index (χ3v) is 4.44. The van der Waals surface area contributed by atoms with Crippen molar-refractivity contribution in [1.82, 2.24) is 9.36 Å². The topological polar surface area (TPSA) is 56.0 Å². The summed E-state index contributed by atoms with van der Waals surface area (Å²) < 4.78 is 41.5. The Morgan fingerprint density at radius 3 is 2.39 bits per heavy atom. The summed E-state index contributed by atoms with van der Waals surface area (Å²) in [5.74, 6) is -0.565. The van der Waals surface area contributed by atoms with E-state index in [1.165, 1.54) is 16.8 Å². The minimum atomic E-state index is -4.48. The summed E-state index contributed by atoms with van der Waals surface area (Å²) in [5.41, 5.74) is 0.249. The van der Waals surface area contributed by atoms with Crippen molar-refractivity contribution in [3.63, 3.8) is 0 Å². The van der Waals surface area contributed by atoms with Gasteiger partial charge >= 0.3 is 6.18 Å². The van der Waals surface area contributed by atoms with Gasteiger partial charge in [0.25, 0.3) is 5.56 Å². The number of aromatic nitrogens is 2. The Hall–Kier alpha value is -3.29. The Labute approximate surface area is 159 Å². The van der Waals surface area contributed by atoms with Crippen molar-refractivity contribution in [3.8, 4) is 5.69 Å². The van der Waals surface area contributed by atoms with E-state index in [1.807, 2.05) is 6.07 Å². The number of rotatable bonds is 4. The molecule has 1 amide bonds. The Balaban J connectivity index is 1.85. The fourth-order valence-corrected chi connectivity index (χ4v) is 2.94. The van der Waals surface area contributed by atoms with Crippen LogP contribution in [-0.2, 0) is 24.4 Å². The highest BCUT2D eigenvalue weighted by Gasteiger charge is 2.30. The molecule has 0 radical (unpaired) electrons. The lowest BCUT2D eigenvalue weighted by Crippen LogP contribution is -2.23. The van der Waals surface area contributed by atoms with Crippen molar-refractivity contribution in [2.75, 3.05) is 5.32 Å². The summed E-state index contributed by atoms with van der Waals surface area (Å²) in [4.78, 5) is 25.1. The van der Waals surface area contributed by atoms with Crippen molar-refractivity contribution in [1.29, 1.82) is 0 Å². The zero-order valence-electron chi connectivity index (χ0n) is 15.2. The molecule has 0 saturated heterocycles. The molecule has 0 bridgehead atoms. The molecular formula is C20H18F3N3O2. The van der Waals surface area contributed by atoms with E-state index in [1.54, 1.807) is 42.9 Å². The summed E-state index contributed by atoms with van der Waals surface area (Å²) in [7, 11) is 1.69. The molecule has 28 heavy (non-hydrogen) atoms. The highest BCUT2D eigenvalue weighted by atomic mass is 19.4. The average Bonchev–Trinajstić information content (AvgIpc) is 2.85. The van der Waals surface area contributed by atoms with Gasteiger partial charge in [-0.2, -0.15) is 13.2 Å². The quantitative estimate of drug-likeness (QED) is 0.740. The number of hydrogen-bond acceptors (Lipinski definition) is 2. The third kappa shape index (κ3) is 3.85. The lowest BCUT2D eigenvalue weighted by molar-refractivity contribution is -0.137. The van der Waals surface area contributed by atoms with E-state index in [2.05, 4.69) is 5.32 Å². The van der Waals surface area contributed by atoms with Crippen LogP contribution in [0.15, 0.2) is 59.4 Å². The van der Waals surface area contributed by atoms with E-state index < -0.39 is 23.2 Å². The molecule has 1 N–H and O–H groups in total. The number of nitrogens with zero attached hydrogens (tertiary/aromatic N) is 2. The summed E-state index contributed by atoms with van der Waals surface area (Å²) in [5, 5.41) is 2.54. The molecule has 2 aromatic carbocycles. The van der Waals surface area contributed by atoms with Gasteiger partial charge in [0.15, 0.2) is 0 Å². The maximum absolute atomic E-state index is 12.8. The molecule has 5 nitrogen and oxygen atoms in total. The van der Waals surface area contributed by atoms with Crippen LogP contribution in [0.5, 0.6) is 0 Å². The zero-order chi connectivity index (χ0) is 20.5. The maximum Gasteiger partial charge on any atom is 0.416 e. The van der Waals surface area contributed by atoms with Crippen LogP contribution in [0.3, 0.4) is 0 Å². The predicted molar refractivity (Wildman–Crippen MR) is 99.5 cm³/mol. The van der Waals surface area contributed by atoms with Crippen LogP contribution in [0.25, 0.3) is 5.69 Å². The number of nitrogens with one attached hydrogen (secondary N) is 1. The Kier molecular flexibility index (Phi) is 5.13. The molecule has 0 aliphatic rings. The molecule has 3 aromatic rings. The van der Waals surface area contributed by atoms with E-state index in [-0.39, 0.29) is 17.7 Å². The van der Waals surface area contributed by atoms with Crippen LogP contribution < -0.4 is 10.9 Å². The third-order valence-electron chi connectivity index (χ3n) is 4.44. The number of amides is 1. The van der Waals surface area contributed by atoms with E-state index in [0.29, 0.717) is 11.4 Å². The molecule has 1 heterocycles. The first-order chi connectivity index (χ1) is 13.2. The molecule has 146 valence electrons. The van der Waals surface area contributed by atoms with Crippen LogP contribution in [0, 0.1) is 6.92 Å². The van der Waals surface area contributed by atoms with E-state index >= 15 is 0 Å². The second-order valence-corrected chi connectivity index (χ2v) is 6.36. The van der Waals surface area contributed by atoms with Gasteiger partial charge in [0.05, 0.1) is 23.4 Å². The number of hydrogen-bond donors (Lipinski definition) is 1. The molecule has 0 spiro atoms. The molecule has 0 unspecified atom stereocenters. The SMILES string of the molecule is Cc1c(NC(=O)Cc2cccc(C(F)(F)F)c2)c(=O)n(-c2ccccc2)n1C. The molecule has 0 aliphatic heterocycles. The van der Waals surface area contributed by atoms with Crippen molar-refractivity contribution >= 4 is 11.6 Å². The number of para-hydroxylation sites is 1. The molecule has 1 aromatic heterocycles. The monoisotopic (exact) mass is 389 g/mol. The van der Waals surface area contributed by atoms with Crippen molar-refractivity contribution < 1.29 is 18.0 Å². The van der Waals surface area contributed by atoms with Crippen molar-refractivity contribution in [3.05, 3.63) is 81.8 Å². The van der Waals surface area contributed by atoms with Crippen LogP contribution in [0.4, 0.5) is 18.9 Å². The molecular weight excluding hydrogens is 371 g/mol. The number of halogens is 3. The van der Waals surface area contributed by atoms with E-state index in [0.717, 1.165) is 12.1 Å². The van der Waals surface area contributed by atoms with Gasteiger partial charge in [-0.25, -0.2) is 4.68 Å². The first kappa shape index (κ1) is 19.5. The average molecular weight is 389 g/mol. The second-order valence-electron chi connectivity index (χ2n) is 6.36. The van der Waals surface area contributed by atoms with Gasteiger partial charge in [-0.15, -0.1) is 0 Å². The van der Waals surface area contributed by atoms with Gasteiger partial charge in [0.2, 0.25) is 5.91 Å². The van der Waals surface area contributed by atoms with Gasteiger partial charge < -0.3 is 5.32 Å². The van der Waals surface area contributed by atoms with Gasteiger partial charge in [0.1, 0.15) is 5.69 Å². The molecule has 0 fully saturated rings. The normalized spacial score (nSPS) is 11.5. The minimum absolute atomic E-state index is 0.100. The van der Waals surface area contributed by atoms with E-state index in [4.69, 9.17) is 0 Å². The van der Waals surface area contributed by atoms with Crippen LogP contribution in [0.1, 0.15) is 16.8 Å². The summed E-state index contributed by atoms with van der Waals surface area (Å²) in [6.45, 7) is 1.68. The second kappa shape index (κ2) is 7.38. The lowest BCUT2D eigenvalue weighted by Gasteiger charge is -2.09. The Morgan fingerprint density at radius 1 is 1.07 bits per heavy atom. The number of alkyl halides is 3. The summed E-state index contributed by atoms with van der Waals surface area (Å²) >= 11 is 0. The summed E-state index contributed by atoms with van der Waals surface area (Å²) in [6, 6.07) is 13.5. The molecule has 0 aliphatic carbocycles. The number of carbonyl (C=O) groups is 1. The van der Waals surface area contributed by atoms with Gasteiger partial charge in [0, 0.05) is 7.05 Å². The Morgan fingerprint density at radius 2 is 1.75 bits per heavy atom. The zero-order valence-corrected chi connectivity index (χ0v) is 15.2. The molecule has 0 saturated carbocycles. The lowest BCUT2D eigenvalue weighted by atomic mass is 10.1. The fraction of sp³-hybridized carbons (Fsp3) is 0.200. The molecule has 3 rings (SSSR count). The van der Waals surface area contributed by atoms with Crippen molar-refractivity contribution in [2.24, 2.45) is 7.05 Å². The van der Waals surface area contributed by atoms with Crippen LogP contribution in [-0.4, -0.2) is 15.3 Å². The summed E-state index contributed by atoms with van der Waals surface area (Å²) in [6.07, 6.45) is -4.76. The number of anilines is 1. The smallest absolute Gasteiger partial charge is 0.320 e.